The Hall–Kier alpha value is -1.06. The topological polar surface area (TPSA) is 43.2 Å². The van der Waals surface area contributed by atoms with Crippen molar-refractivity contribution in [2.75, 3.05) is 13.2 Å². The third-order valence-corrected chi connectivity index (χ3v) is 1.82. The van der Waals surface area contributed by atoms with Gasteiger partial charge in [0.2, 0.25) is 11.8 Å². The molecule has 16 heavy (non-hydrogen) atoms. The number of hydrogen-bond donors (Lipinski definition) is 0. The first kappa shape index (κ1) is 14.9. The zero-order valence-corrected chi connectivity index (χ0v) is 11.0. The van der Waals surface area contributed by atoms with Gasteiger partial charge in [-0.1, -0.05) is 13.8 Å². The summed E-state index contributed by atoms with van der Waals surface area (Å²) in [5, 5.41) is 8.20. The Morgan fingerprint density at radius 3 is 1.38 bits per heavy atom. The van der Waals surface area contributed by atoms with Gasteiger partial charge in [0.05, 0.1) is 13.2 Å². The summed E-state index contributed by atoms with van der Waals surface area (Å²) in [6.45, 7) is 9.34. The molecule has 0 aliphatic rings. The summed E-state index contributed by atoms with van der Waals surface area (Å²) in [5.41, 5.74) is 0. The molecule has 0 spiro atoms. The van der Waals surface area contributed by atoms with Crippen molar-refractivity contribution >= 4 is 11.8 Å². The van der Waals surface area contributed by atoms with Crippen LogP contribution >= 0.6 is 0 Å². The Morgan fingerprint density at radius 1 is 0.750 bits per heavy atom. The highest BCUT2D eigenvalue weighted by Gasteiger charge is 2.00. The molecule has 4 nitrogen and oxygen atoms in total. The molecule has 0 N–H and O–H groups in total. The Balaban J connectivity index is 4.44. The molecule has 0 radical (unpaired) electrons. The predicted molar refractivity (Wildman–Crippen MR) is 67.9 cm³/mol. The van der Waals surface area contributed by atoms with Crippen molar-refractivity contribution in [1.29, 1.82) is 0 Å². The van der Waals surface area contributed by atoms with E-state index in [1.165, 1.54) is 0 Å². The summed E-state index contributed by atoms with van der Waals surface area (Å²) in [6.07, 6.45) is 3.66. The molecule has 0 amide bonds. The second-order valence-electron chi connectivity index (χ2n) is 3.35. The summed E-state index contributed by atoms with van der Waals surface area (Å²) in [4.78, 5) is 0. The molecule has 0 saturated carbocycles. The van der Waals surface area contributed by atoms with Crippen LogP contribution in [0.25, 0.3) is 0 Å². The quantitative estimate of drug-likeness (QED) is 0.381. The van der Waals surface area contributed by atoms with E-state index in [1.807, 2.05) is 13.8 Å². The maximum atomic E-state index is 5.38. The standard InChI is InChI=1S/C12H24N2O2/c1-5-9-11(15-7-3)13-14-12(10-6-2)16-8-4/h5-10H2,1-4H3/b13-11-,14-12+. The lowest BCUT2D eigenvalue weighted by Gasteiger charge is -2.06. The molecule has 0 unspecified atom stereocenters. The van der Waals surface area contributed by atoms with Crippen LogP contribution in [0.4, 0.5) is 0 Å². The van der Waals surface area contributed by atoms with Gasteiger partial charge in [0, 0.05) is 12.8 Å². The molecular weight excluding hydrogens is 204 g/mol. The molecule has 0 aromatic carbocycles. The summed E-state index contributed by atoms with van der Waals surface area (Å²) in [6, 6.07) is 0. The van der Waals surface area contributed by atoms with E-state index in [1.54, 1.807) is 0 Å². The Labute approximate surface area is 98.7 Å². The molecule has 0 aromatic rings. The van der Waals surface area contributed by atoms with Crippen LogP contribution in [0.5, 0.6) is 0 Å². The van der Waals surface area contributed by atoms with Gasteiger partial charge < -0.3 is 9.47 Å². The van der Waals surface area contributed by atoms with Crippen LogP contribution in [0, 0.1) is 0 Å². The predicted octanol–water partition coefficient (Wildman–Crippen LogP) is 3.37. The number of nitrogens with zero attached hydrogens (tertiary/aromatic N) is 2. The van der Waals surface area contributed by atoms with Gasteiger partial charge in [0.25, 0.3) is 0 Å². The second-order valence-corrected chi connectivity index (χ2v) is 3.35. The van der Waals surface area contributed by atoms with Gasteiger partial charge in [-0.3, -0.25) is 0 Å². The van der Waals surface area contributed by atoms with E-state index in [-0.39, 0.29) is 0 Å². The summed E-state index contributed by atoms with van der Waals surface area (Å²) in [7, 11) is 0. The molecule has 0 aliphatic heterocycles. The van der Waals surface area contributed by atoms with Crippen LogP contribution in [-0.4, -0.2) is 25.0 Å². The first-order valence-corrected chi connectivity index (χ1v) is 6.17. The van der Waals surface area contributed by atoms with Gasteiger partial charge in [0.1, 0.15) is 0 Å². The monoisotopic (exact) mass is 228 g/mol. The van der Waals surface area contributed by atoms with Gasteiger partial charge in [-0.15, -0.1) is 10.2 Å². The van der Waals surface area contributed by atoms with Crippen LogP contribution in [0.2, 0.25) is 0 Å². The Kier molecular flexibility index (Phi) is 9.76. The van der Waals surface area contributed by atoms with Gasteiger partial charge in [-0.25, -0.2) is 0 Å². The van der Waals surface area contributed by atoms with E-state index in [0.717, 1.165) is 25.7 Å². The maximum Gasteiger partial charge on any atom is 0.208 e. The molecule has 0 heterocycles. The first-order chi connectivity index (χ1) is 7.78. The first-order valence-electron chi connectivity index (χ1n) is 6.17. The number of hydrogen-bond acceptors (Lipinski definition) is 4. The minimum Gasteiger partial charge on any atom is -0.480 e. The van der Waals surface area contributed by atoms with Crippen molar-refractivity contribution in [3.63, 3.8) is 0 Å². The lowest BCUT2D eigenvalue weighted by atomic mass is 10.3. The van der Waals surface area contributed by atoms with Crippen molar-refractivity contribution < 1.29 is 9.47 Å². The molecule has 94 valence electrons. The van der Waals surface area contributed by atoms with Crippen LogP contribution in [0.1, 0.15) is 53.4 Å². The van der Waals surface area contributed by atoms with E-state index < -0.39 is 0 Å². The minimum absolute atomic E-state index is 0.631. The molecule has 4 heteroatoms. The van der Waals surface area contributed by atoms with Gasteiger partial charge >= 0.3 is 0 Å². The maximum absolute atomic E-state index is 5.38. The lowest BCUT2D eigenvalue weighted by molar-refractivity contribution is 0.308. The van der Waals surface area contributed by atoms with Crippen LogP contribution in [0.15, 0.2) is 10.2 Å². The SMILES string of the molecule is CCC/C(=N/N=C(\CCC)OCC)OCC. The molecule has 0 atom stereocenters. The zero-order chi connectivity index (χ0) is 12.2. The smallest absolute Gasteiger partial charge is 0.208 e. The molecule has 0 saturated heterocycles. The van der Waals surface area contributed by atoms with Crippen molar-refractivity contribution in [2.45, 2.75) is 53.4 Å². The second kappa shape index (κ2) is 10.5. The van der Waals surface area contributed by atoms with E-state index in [4.69, 9.17) is 9.47 Å². The van der Waals surface area contributed by atoms with Gasteiger partial charge in [0.15, 0.2) is 0 Å². The highest BCUT2D eigenvalue weighted by Crippen LogP contribution is 1.99. The molecule has 0 aliphatic carbocycles. The minimum atomic E-state index is 0.631. The molecule has 0 rings (SSSR count). The van der Waals surface area contributed by atoms with E-state index in [0.29, 0.717) is 25.0 Å². The highest BCUT2D eigenvalue weighted by atomic mass is 16.5. The largest absolute Gasteiger partial charge is 0.480 e. The van der Waals surface area contributed by atoms with E-state index in [2.05, 4.69) is 24.1 Å². The van der Waals surface area contributed by atoms with Crippen molar-refractivity contribution in [1.82, 2.24) is 0 Å². The highest BCUT2D eigenvalue weighted by molar-refractivity contribution is 5.79. The van der Waals surface area contributed by atoms with Gasteiger partial charge in [-0.2, -0.15) is 0 Å². The fourth-order valence-corrected chi connectivity index (χ4v) is 1.17. The molecular formula is C12H24N2O2. The average Bonchev–Trinajstić information content (AvgIpc) is 2.27. The summed E-state index contributed by atoms with van der Waals surface area (Å²) < 4.78 is 10.8. The lowest BCUT2D eigenvalue weighted by Crippen LogP contribution is -2.06. The third-order valence-electron chi connectivity index (χ3n) is 1.82. The van der Waals surface area contributed by atoms with Crippen molar-refractivity contribution in [3.8, 4) is 0 Å². The Bertz CT molecular complexity index is 185. The number of rotatable bonds is 7. The Morgan fingerprint density at radius 2 is 1.12 bits per heavy atom. The van der Waals surface area contributed by atoms with Crippen LogP contribution in [-0.2, 0) is 9.47 Å². The normalized spacial score (nSPS) is 12.8. The molecule has 0 bridgehead atoms. The van der Waals surface area contributed by atoms with Crippen LogP contribution in [0.3, 0.4) is 0 Å². The van der Waals surface area contributed by atoms with E-state index in [9.17, 15) is 0 Å². The fourth-order valence-electron chi connectivity index (χ4n) is 1.17. The van der Waals surface area contributed by atoms with Gasteiger partial charge in [-0.05, 0) is 26.7 Å². The van der Waals surface area contributed by atoms with E-state index >= 15 is 0 Å². The fraction of sp³-hybridized carbons (Fsp3) is 0.833. The summed E-state index contributed by atoms with van der Waals surface area (Å²) in [5.74, 6) is 1.39. The zero-order valence-electron chi connectivity index (χ0n) is 11.0. The van der Waals surface area contributed by atoms with Crippen LogP contribution < -0.4 is 0 Å². The number of ether oxygens (including phenoxy) is 2. The van der Waals surface area contributed by atoms with Crippen molar-refractivity contribution in [3.05, 3.63) is 0 Å². The third kappa shape index (κ3) is 7.26. The van der Waals surface area contributed by atoms with Crippen molar-refractivity contribution in [2.24, 2.45) is 10.2 Å². The molecule has 0 fully saturated rings. The summed E-state index contributed by atoms with van der Waals surface area (Å²) >= 11 is 0. The molecule has 0 aromatic heterocycles. The average molecular weight is 228 g/mol.